The van der Waals surface area contributed by atoms with E-state index in [2.05, 4.69) is 38.5 Å². The molecule has 0 saturated carbocycles. The number of rotatable bonds is 6. The minimum atomic E-state index is -0.324. The molecule has 0 aliphatic carbocycles. The summed E-state index contributed by atoms with van der Waals surface area (Å²) in [5, 5.41) is 15.5. The molecule has 174 valence electrons. The van der Waals surface area contributed by atoms with Crippen LogP contribution < -0.4 is 15.4 Å². The Labute approximate surface area is 210 Å². The molecule has 0 bridgehead atoms. The van der Waals surface area contributed by atoms with Crippen molar-refractivity contribution in [3.8, 4) is 23.0 Å². The van der Waals surface area contributed by atoms with Gasteiger partial charge in [0, 0.05) is 16.8 Å². The summed E-state index contributed by atoms with van der Waals surface area (Å²) in [4.78, 5) is 17.0. The van der Waals surface area contributed by atoms with Crippen molar-refractivity contribution in [2.24, 2.45) is 0 Å². The molecule has 3 N–H and O–H groups in total. The number of hydrogen-bond acceptors (Lipinski definition) is 6. The van der Waals surface area contributed by atoms with Crippen LogP contribution in [-0.2, 0) is 0 Å². The van der Waals surface area contributed by atoms with Gasteiger partial charge in [0.2, 0.25) is 5.89 Å². The molecule has 0 radical (unpaired) electrons. The molecule has 34 heavy (non-hydrogen) atoms. The number of benzene rings is 3. The maximum absolute atomic E-state index is 12.5. The standard InChI is InChI=1S/C25H22BrN3O4S/c1-3-14(2)32-18-8-4-15(5-9-18)23(31)29-25(34)27-17-7-11-22-20(13-17)28-24(33-22)16-6-10-21(30)19(26)12-16/h4-14,30H,3H2,1-2H3,(H2,27,29,31,34)/t14-/m1/s1. The van der Waals surface area contributed by atoms with Crippen molar-refractivity contribution in [3.05, 3.63) is 70.7 Å². The van der Waals surface area contributed by atoms with Crippen LogP contribution in [0.3, 0.4) is 0 Å². The molecule has 0 aliphatic heterocycles. The topological polar surface area (TPSA) is 96.6 Å². The SMILES string of the molecule is CC[C@@H](C)Oc1ccc(C(=O)NC(=S)Nc2ccc3oc(-c4ccc(O)c(Br)c4)nc3c2)cc1. The van der Waals surface area contributed by atoms with Crippen molar-refractivity contribution in [1.29, 1.82) is 0 Å². The van der Waals surface area contributed by atoms with Gasteiger partial charge in [0.25, 0.3) is 5.91 Å². The molecule has 0 fully saturated rings. The number of halogens is 1. The highest BCUT2D eigenvalue weighted by atomic mass is 79.9. The number of ether oxygens (including phenoxy) is 1. The fourth-order valence-corrected chi connectivity index (χ4v) is 3.70. The molecule has 1 amide bonds. The van der Waals surface area contributed by atoms with Crippen LogP contribution in [0.25, 0.3) is 22.6 Å². The van der Waals surface area contributed by atoms with Gasteiger partial charge < -0.3 is 19.6 Å². The van der Waals surface area contributed by atoms with Gasteiger partial charge in [0.1, 0.15) is 17.0 Å². The monoisotopic (exact) mass is 539 g/mol. The van der Waals surface area contributed by atoms with Crippen molar-refractivity contribution < 1.29 is 19.1 Å². The Hall–Kier alpha value is -3.43. The second-order valence-corrected chi connectivity index (χ2v) is 8.90. The van der Waals surface area contributed by atoms with Crippen molar-refractivity contribution >= 4 is 56.0 Å². The lowest BCUT2D eigenvalue weighted by Crippen LogP contribution is -2.34. The third-order valence-corrected chi connectivity index (χ3v) is 5.94. The Morgan fingerprint density at radius 2 is 1.94 bits per heavy atom. The van der Waals surface area contributed by atoms with E-state index in [0.29, 0.717) is 38.5 Å². The molecule has 4 aromatic rings. The van der Waals surface area contributed by atoms with E-state index in [1.54, 1.807) is 60.7 Å². The van der Waals surface area contributed by atoms with Crippen LogP contribution in [-0.4, -0.2) is 27.2 Å². The van der Waals surface area contributed by atoms with E-state index >= 15 is 0 Å². The highest BCUT2D eigenvalue weighted by Gasteiger charge is 2.12. The summed E-state index contributed by atoms with van der Waals surface area (Å²) in [6.07, 6.45) is 1.01. The van der Waals surface area contributed by atoms with E-state index < -0.39 is 0 Å². The summed E-state index contributed by atoms with van der Waals surface area (Å²) >= 11 is 8.59. The molecular weight excluding hydrogens is 518 g/mol. The summed E-state index contributed by atoms with van der Waals surface area (Å²) < 4.78 is 12.1. The Morgan fingerprint density at radius 3 is 2.65 bits per heavy atom. The lowest BCUT2D eigenvalue weighted by Gasteiger charge is -2.13. The van der Waals surface area contributed by atoms with Crippen LogP contribution in [0.15, 0.2) is 69.6 Å². The maximum atomic E-state index is 12.5. The summed E-state index contributed by atoms with van der Waals surface area (Å²) in [5.41, 5.74) is 3.06. The summed E-state index contributed by atoms with van der Waals surface area (Å²) in [5.74, 6) is 0.948. The third kappa shape index (κ3) is 5.55. The van der Waals surface area contributed by atoms with Crippen molar-refractivity contribution in [1.82, 2.24) is 10.3 Å². The number of aromatic hydroxyl groups is 1. The smallest absolute Gasteiger partial charge is 0.257 e. The number of phenols is 1. The molecule has 0 spiro atoms. The van der Waals surface area contributed by atoms with Gasteiger partial charge in [0.05, 0.1) is 10.6 Å². The summed E-state index contributed by atoms with van der Waals surface area (Å²) in [6, 6.07) is 17.3. The van der Waals surface area contributed by atoms with Gasteiger partial charge in [-0.25, -0.2) is 4.98 Å². The quantitative estimate of drug-likeness (QED) is 0.248. The van der Waals surface area contributed by atoms with Crippen LogP contribution in [0.5, 0.6) is 11.5 Å². The van der Waals surface area contributed by atoms with Crippen molar-refractivity contribution in [2.75, 3.05) is 5.32 Å². The predicted molar refractivity (Wildman–Crippen MR) is 139 cm³/mol. The van der Waals surface area contributed by atoms with Crippen LogP contribution in [0.2, 0.25) is 0 Å². The van der Waals surface area contributed by atoms with E-state index in [-0.39, 0.29) is 22.9 Å². The fraction of sp³-hybridized carbons (Fsp3) is 0.160. The van der Waals surface area contributed by atoms with Crippen LogP contribution in [0, 0.1) is 0 Å². The number of amides is 1. The number of carbonyl (C=O) groups is 1. The molecule has 1 heterocycles. The largest absolute Gasteiger partial charge is 0.507 e. The number of phenolic OH excluding ortho intramolecular Hbond substituents is 1. The van der Waals surface area contributed by atoms with E-state index in [0.717, 1.165) is 12.0 Å². The van der Waals surface area contributed by atoms with E-state index in [4.69, 9.17) is 21.4 Å². The molecule has 0 unspecified atom stereocenters. The first-order chi connectivity index (χ1) is 16.3. The summed E-state index contributed by atoms with van der Waals surface area (Å²) in [7, 11) is 0. The molecule has 3 aromatic carbocycles. The molecule has 7 nitrogen and oxygen atoms in total. The average molecular weight is 540 g/mol. The Kier molecular flexibility index (Phi) is 7.14. The number of nitrogens with zero attached hydrogens (tertiary/aromatic N) is 1. The predicted octanol–water partition coefficient (Wildman–Crippen LogP) is 6.27. The number of oxazole rings is 1. The van der Waals surface area contributed by atoms with Gasteiger partial charge in [-0.15, -0.1) is 0 Å². The third-order valence-electron chi connectivity index (χ3n) is 5.10. The van der Waals surface area contributed by atoms with Gasteiger partial charge in [-0.1, -0.05) is 6.92 Å². The lowest BCUT2D eigenvalue weighted by atomic mass is 10.2. The second-order valence-electron chi connectivity index (χ2n) is 7.64. The Morgan fingerprint density at radius 1 is 1.18 bits per heavy atom. The van der Waals surface area contributed by atoms with Gasteiger partial charge in [0.15, 0.2) is 10.7 Å². The summed E-state index contributed by atoms with van der Waals surface area (Å²) in [6.45, 7) is 4.04. The first-order valence-corrected chi connectivity index (χ1v) is 11.8. The zero-order chi connectivity index (χ0) is 24.2. The van der Waals surface area contributed by atoms with E-state index in [1.165, 1.54) is 0 Å². The number of carbonyl (C=O) groups excluding carboxylic acids is 1. The molecule has 4 rings (SSSR count). The van der Waals surface area contributed by atoms with Gasteiger partial charge in [-0.3, -0.25) is 10.1 Å². The zero-order valence-electron chi connectivity index (χ0n) is 18.5. The molecule has 0 saturated heterocycles. The molecular formula is C25H22BrN3O4S. The van der Waals surface area contributed by atoms with Gasteiger partial charge >= 0.3 is 0 Å². The van der Waals surface area contributed by atoms with Gasteiger partial charge in [-0.05, 0) is 102 Å². The number of aromatic nitrogens is 1. The van der Waals surface area contributed by atoms with Crippen LogP contribution in [0.4, 0.5) is 5.69 Å². The van der Waals surface area contributed by atoms with Crippen LogP contribution >= 0.6 is 28.1 Å². The Bertz CT molecular complexity index is 1350. The number of anilines is 1. The first kappa shape index (κ1) is 23.7. The Balaban J connectivity index is 1.41. The van der Waals surface area contributed by atoms with Crippen molar-refractivity contribution in [3.63, 3.8) is 0 Å². The van der Waals surface area contributed by atoms with Crippen molar-refractivity contribution in [2.45, 2.75) is 26.4 Å². The number of hydrogen-bond donors (Lipinski definition) is 3. The maximum Gasteiger partial charge on any atom is 0.257 e. The fourth-order valence-electron chi connectivity index (χ4n) is 3.11. The normalized spacial score (nSPS) is 11.7. The zero-order valence-corrected chi connectivity index (χ0v) is 20.9. The minimum Gasteiger partial charge on any atom is -0.507 e. The first-order valence-electron chi connectivity index (χ1n) is 10.6. The molecule has 0 aliphatic rings. The number of thiocarbonyl (C=S) groups is 1. The van der Waals surface area contributed by atoms with E-state index in [1.807, 2.05) is 6.92 Å². The molecule has 9 heteroatoms. The second kappa shape index (κ2) is 10.2. The van der Waals surface area contributed by atoms with Gasteiger partial charge in [-0.2, -0.15) is 0 Å². The lowest BCUT2D eigenvalue weighted by molar-refractivity contribution is 0.0977. The number of nitrogens with one attached hydrogen (secondary N) is 2. The minimum absolute atomic E-state index is 0.109. The van der Waals surface area contributed by atoms with E-state index in [9.17, 15) is 9.90 Å². The average Bonchev–Trinajstić information content (AvgIpc) is 3.24. The number of fused-ring (bicyclic) bond motifs is 1. The molecule has 1 atom stereocenters. The van der Waals surface area contributed by atoms with Crippen LogP contribution in [0.1, 0.15) is 30.6 Å². The highest BCUT2D eigenvalue weighted by molar-refractivity contribution is 9.10. The highest BCUT2D eigenvalue weighted by Crippen LogP contribution is 2.31. The molecule has 1 aromatic heterocycles.